The Kier molecular flexibility index (Phi) is 47.1. The zero-order valence-electron chi connectivity index (χ0n) is 43.4. The number of carbonyl (C=O) groups excluding carboxylic acids is 3. The van der Waals surface area contributed by atoms with Gasteiger partial charge < -0.3 is 14.2 Å². The molecule has 0 rings (SSSR count). The van der Waals surface area contributed by atoms with Crippen LogP contribution in [0.15, 0.2) is 0 Å². The van der Waals surface area contributed by atoms with Crippen molar-refractivity contribution < 1.29 is 28.6 Å². The normalized spacial score (nSPS) is 12.1. The summed E-state index contributed by atoms with van der Waals surface area (Å²) in [6.45, 7) is 13.7. The summed E-state index contributed by atoms with van der Waals surface area (Å²) in [5.41, 5.74) is 0. The molecule has 0 unspecified atom stereocenters. The minimum Gasteiger partial charge on any atom is -0.462 e. The summed E-state index contributed by atoms with van der Waals surface area (Å²) in [6.07, 6.45) is 49.6. The van der Waals surface area contributed by atoms with E-state index >= 15 is 0 Å². The predicted octanol–water partition coefficient (Wildman–Crippen LogP) is 18.3. The molecule has 0 N–H and O–H groups in total. The number of esters is 3. The molecule has 0 fully saturated rings. The zero-order valence-corrected chi connectivity index (χ0v) is 43.4. The van der Waals surface area contributed by atoms with E-state index in [-0.39, 0.29) is 31.1 Å². The van der Waals surface area contributed by atoms with Crippen LogP contribution in [0.1, 0.15) is 311 Å². The third-order valence-electron chi connectivity index (χ3n) is 12.9. The van der Waals surface area contributed by atoms with Crippen molar-refractivity contribution in [1.29, 1.82) is 0 Å². The van der Waals surface area contributed by atoms with E-state index in [1.54, 1.807) is 0 Å². The standard InChI is InChI=1S/C57H110O6/c1-51(2)43-37-31-25-19-15-11-8-7-9-13-17-21-28-34-40-46-55(58)61-49-54(63-57(60)48-42-36-30-24-23-27-33-39-45-53(5)6)50-62-56(59)47-41-35-29-22-18-14-10-12-16-20-26-32-38-44-52(3)4/h51-54H,7-50H2,1-6H3/t54-/m0/s1. The van der Waals surface area contributed by atoms with E-state index in [0.717, 1.165) is 75.5 Å². The Morgan fingerprint density at radius 3 is 0.683 bits per heavy atom. The van der Waals surface area contributed by atoms with Crippen molar-refractivity contribution >= 4 is 17.9 Å². The number of hydrogen-bond donors (Lipinski definition) is 0. The van der Waals surface area contributed by atoms with Crippen LogP contribution in [0.3, 0.4) is 0 Å². The van der Waals surface area contributed by atoms with Gasteiger partial charge in [0.25, 0.3) is 0 Å². The summed E-state index contributed by atoms with van der Waals surface area (Å²) in [5.74, 6) is 1.63. The fourth-order valence-electron chi connectivity index (χ4n) is 8.65. The summed E-state index contributed by atoms with van der Waals surface area (Å²) in [6, 6.07) is 0. The van der Waals surface area contributed by atoms with Crippen molar-refractivity contribution in [1.82, 2.24) is 0 Å². The number of carbonyl (C=O) groups is 3. The molecule has 0 saturated carbocycles. The average molecular weight is 892 g/mol. The lowest BCUT2D eigenvalue weighted by Crippen LogP contribution is -2.30. The topological polar surface area (TPSA) is 78.9 Å². The van der Waals surface area contributed by atoms with Crippen LogP contribution >= 0.6 is 0 Å². The number of hydrogen-bond acceptors (Lipinski definition) is 6. The molecule has 374 valence electrons. The molecule has 0 heterocycles. The van der Waals surface area contributed by atoms with Crippen LogP contribution in [0.5, 0.6) is 0 Å². The van der Waals surface area contributed by atoms with Gasteiger partial charge in [0.15, 0.2) is 6.10 Å². The first kappa shape index (κ1) is 61.4. The molecule has 6 heteroatoms. The van der Waals surface area contributed by atoms with Gasteiger partial charge in [0.1, 0.15) is 13.2 Å². The molecule has 0 aromatic carbocycles. The van der Waals surface area contributed by atoms with E-state index in [1.165, 1.54) is 193 Å². The highest BCUT2D eigenvalue weighted by molar-refractivity contribution is 5.71. The molecule has 6 nitrogen and oxygen atoms in total. The van der Waals surface area contributed by atoms with Gasteiger partial charge in [-0.1, -0.05) is 273 Å². The molecule has 0 aliphatic rings. The van der Waals surface area contributed by atoms with Crippen LogP contribution < -0.4 is 0 Å². The first-order valence-electron chi connectivity index (χ1n) is 28.1. The van der Waals surface area contributed by atoms with E-state index in [9.17, 15) is 14.4 Å². The van der Waals surface area contributed by atoms with Crippen molar-refractivity contribution in [2.24, 2.45) is 17.8 Å². The number of unbranched alkanes of at least 4 members (excludes halogenated alkanes) is 33. The molecule has 1 atom stereocenters. The van der Waals surface area contributed by atoms with Gasteiger partial charge in [-0.05, 0) is 37.0 Å². The van der Waals surface area contributed by atoms with Gasteiger partial charge in [-0.15, -0.1) is 0 Å². The second-order valence-corrected chi connectivity index (χ2v) is 21.0. The lowest BCUT2D eigenvalue weighted by Gasteiger charge is -2.18. The Labute approximate surface area is 393 Å². The van der Waals surface area contributed by atoms with Crippen LogP contribution in [-0.2, 0) is 28.6 Å². The van der Waals surface area contributed by atoms with E-state index in [0.29, 0.717) is 19.3 Å². The number of ether oxygens (including phenoxy) is 3. The Bertz CT molecular complexity index is 976. The molecule has 0 amide bonds. The molecular formula is C57H110O6. The maximum Gasteiger partial charge on any atom is 0.306 e. The van der Waals surface area contributed by atoms with E-state index in [4.69, 9.17) is 14.2 Å². The van der Waals surface area contributed by atoms with Crippen molar-refractivity contribution in [3.63, 3.8) is 0 Å². The minimum absolute atomic E-state index is 0.0642. The van der Waals surface area contributed by atoms with E-state index in [1.807, 2.05) is 0 Å². The molecule has 0 radical (unpaired) electrons. The molecule has 0 bridgehead atoms. The van der Waals surface area contributed by atoms with Crippen molar-refractivity contribution in [3.05, 3.63) is 0 Å². The van der Waals surface area contributed by atoms with Crippen LogP contribution in [0.25, 0.3) is 0 Å². The second-order valence-electron chi connectivity index (χ2n) is 21.0. The Morgan fingerprint density at radius 1 is 0.270 bits per heavy atom. The molecule has 0 aromatic rings. The Balaban J connectivity index is 4.25. The highest BCUT2D eigenvalue weighted by Gasteiger charge is 2.19. The Morgan fingerprint density at radius 2 is 0.460 bits per heavy atom. The molecular weight excluding hydrogens is 781 g/mol. The van der Waals surface area contributed by atoms with Crippen LogP contribution in [0.4, 0.5) is 0 Å². The molecule has 63 heavy (non-hydrogen) atoms. The van der Waals surface area contributed by atoms with E-state index in [2.05, 4.69) is 41.5 Å². The molecule has 0 spiro atoms. The Hall–Kier alpha value is -1.59. The first-order chi connectivity index (χ1) is 30.6. The molecule has 0 aliphatic heterocycles. The second kappa shape index (κ2) is 48.3. The van der Waals surface area contributed by atoms with Crippen LogP contribution in [-0.4, -0.2) is 37.2 Å². The third kappa shape index (κ3) is 51.3. The van der Waals surface area contributed by atoms with Crippen molar-refractivity contribution in [2.45, 2.75) is 317 Å². The fraction of sp³-hybridized carbons (Fsp3) is 0.947. The molecule has 0 saturated heterocycles. The maximum absolute atomic E-state index is 12.8. The van der Waals surface area contributed by atoms with Gasteiger partial charge in [-0.3, -0.25) is 14.4 Å². The minimum atomic E-state index is -0.763. The SMILES string of the molecule is CC(C)CCCCCCCCCCCCCCCCCC(=O)OC[C@@H](COC(=O)CCCCCCCCCCCCCCCC(C)C)OC(=O)CCCCCCCCCCC(C)C. The van der Waals surface area contributed by atoms with Gasteiger partial charge in [-0.25, -0.2) is 0 Å². The van der Waals surface area contributed by atoms with Gasteiger partial charge in [0.05, 0.1) is 0 Å². The van der Waals surface area contributed by atoms with E-state index < -0.39 is 6.10 Å². The largest absolute Gasteiger partial charge is 0.462 e. The highest BCUT2D eigenvalue weighted by Crippen LogP contribution is 2.18. The predicted molar refractivity (Wildman–Crippen MR) is 270 cm³/mol. The highest BCUT2D eigenvalue weighted by atomic mass is 16.6. The lowest BCUT2D eigenvalue weighted by atomic mass is 10.0. The van der Waals surface area contributed by atoms with Gasteiger partial charge in [-0.2, -0.15) is 0 Å². The smallest absolute Gasteiger partial charge is 0.306 e. The summed E-state index contributed by atoms with van der Waals surface area (Å²) >= 11 is 0. The molecule has 0 aliphatic carbocycles. The van der Waals surface area contributed by atoms with Crippen molar-refractivity contribution in [2.75, 3.05) is 13.2 Å². The average Bonchev–Trinajstić information content (AvgIpc) is 3.24. The quantitative estimate of drug-likeness (QED) is 0.0344. The summed E-state index contributed by atoms with van der Waals surface area (Å²) < 4.78 is 16.9. The van der Waals surface area contributed by atoms with Crippen LogP contribution in [0.2, 0.25) is 0 Å². The summed E-state index contributed by atoms with van der Waals surface area (Å²) in [4.78, 5) is 38.1. The zero-order chi connectivity index (χ0) is 46.3. The van der Waals surface area contributed by atoms with Gasteiger partial charge >= 0.3 is 17.9 Å². The number of rotatable bonds is 50. The summed E-state index contributed by atoms with van der Waals surface area (Å²) in [5, 5.41) is 0. The third-order valence-corrected chi connectivity index (χ3v) is 12.9. The lowest BCUT2D eigenvalue weighted by molar-refractivity contribution is -0.167. The summed E-state index contributed by atoms with van der Waals surface area (Å²) in [7, 11) is 0. The van der Waals surface area contributed by atoms with Crippen LogP contribution in [0, 0.1) is 17.8 Å². The van der Waals surface area contributed by atoms with Gasteiger partial charge in [0.2, 0.25) is 0 Å². The monoisotopic (exact) mass is 891 g/mol. The maximum atomic E-state index is 12.8. The van der Waals surface area contributed by atoms with Crippen molar-refractivity contribution in [3.8, 4) is 0 Å². The molecule has 0 aromatic heterocycles. The fourth-order valence-corrected chi connectivity index (χ4v) is 8.65. The first-order valence-corrected chi connectivity index (χ1v) is 28.1. The van der Waals surface area contributed by atoms with Gasteiger partial charge in [0, 0.05) is 19.3 Å².